The fourth-order valence-corrected chi connectivity index (χ4v) is 1.34. The summed E-state index contributed by atoms with van der Waals surface area (Å²) in [5.41, 5.74) is 6.86. The van der Waals surface area contributed by atoms with Gasteiger partial charge < -0.3 is 10.8 Å². The molecule has 4 nitrogen and oxygen atoms in total. The van der Waals surface area contributed by atoms with Gasteiger partial charge in [-0.15, -0.1) is 0 Å². The van der Waals surface area contributed by atoms with E-state index in [4.69, 9.17) is 10.8 Å². The molecule has 1 aromatic heterocycles. The summed E-state index contributed by atoms with van der Waals surface area (Å²) in [6.45, 7) is 4.23. The van der Waals surface area contributed by atoms with Gasteiger partial charge >= 0.3 is 0 Å². The van der Waals surface area contributed by atoms with E-state index in [9.17, 15) is 0 Å². The van der Waals surface area contributed by atoms with E-state index < -0.39 is 0 Å². The number of aromatic nitrogens is 2. The van der Waals surface area contributed by atoms with Crippen LogP contribution in [0.3, 0.4) is 0 Å². The third-order valence-corrected chi connectivity index (χ3v) is 2.01. The second kappa shape index (κ2) is 4.39. The maximum Gasteiger partial charge on any atom is 0.0555 e. The molecule has 4 heteroatoms. The summed E-state index contributed by atoms with van der Waals surface area (Å²) in [4.78, 5) is 0. The van der Waals surface area contributed by atoms with Gasteiger partial charge in [-0.3, -0.25) is 4.68 Å². The SMILES string of the molecule is CC(C)n1nccc1[C@H](N)CCO. The Balaban J connectivity index is 2.80. The first kappa shape index (κ1) is 10.2. The van der Waals surface area contributed by atoms with E-state index in [1.165, 1.54) is 0 Å². The summed E-state index contributed by atoms with van der Waals surface area (Å²) >= 11 is 0. The van der Waals surface area contributed by atoms with Crippen molar-refractivity contribution in [3.8, 4) is 0 Å². The molecule has 0 radical (unpaired) electrons. The Morgan fingerprint density at radius 2 is 2.31 bits per heavy atom. The highest BCUT2D eigenvalue weighted by molar-refractivity contribution is 5.06. The van der Waals surface area contributed by atoms with E-state index in [-0.39, 0.29) is 12.6 Å². The topological polar surface area (TPSA) is 64.1 Å². The average molecular weight is 183 g/mol. The van der Waals surface area contributed by atoms with Crippen molar-refractivity contribution in [3.63, 3.8) is 0 Å². The number of aliphatic hydroxyl groups excluding tert-OH is 1. The fourth-order valence-electron chi connectivity index (χ4n) is 1.34. The highest BCUT2D eigenvalue weighted by atomic mass is 16.3. The zero-order valence-corrected chi connectivity index (χ0v) is 8.14. The lowest BCUT2D eigenvalue weighted by Crippen LogP contribution is -2.18. The normalized spacial score (nSPS) is 13.6. The number of hydrogen-bond acceptors (Lipinski definition) is 3. The van der Waals surface area contributed by atoms with Gasteiger partial charge in [0.05, 0.1) is 5.69 Å². The molecule has 0 fully saturated rings. The number of hydrogen-bond donors (Lipinski definition) is 2. The van der Waals surface area contributed by atoms with Gasteiger partial charge in [0.1, 0.15) is 0 Å². The predicted octanol–water partition coefficient (Wildman–Crippen LogP) is 0.846. The second-order valence-corrected chi connectivity index (χ2v) is 3.41. The molecule has 0 saturated heterocycles. The molecule has 0 unspecified atom stereocenters. The van der Waals surface area contributed by atoms with Crippen LogP contribution in [0.15, 0.2) is 12.3 Å². The molecule has 0 aliphatic rings. The van der Waals surface area contributed by atoms with E-state index in [0.29, 0.717) is 12.5 Å². The fraction of sp³-hybridized carbons (Fsp3) is 0.667. The zero-order chi connectivity index (χ0) is 9.84. The number of nitrogens with zero attached hydrogens (tertiary/aromatic N) is 2. The molecule has 1 heterocycles. The minimum Gasteiger partial charge on any atom is -0.396 e. The third kappa shape index (κ3) is 2.29. The molecule has 0 bridgehead atoms. The molecular weight excluding hydrogens is 166 g/mol. The van der Waals surface area contributed by atoms with Crippen molar-refractivity contribution in [3.05, 3.63) is 18.0 Å². The highest BCUT2D eigenvalue weighted by Crippen LogP contribution is 2.16. The van der Waals surface area contributed by atoms with Gasteiger partial charge in [0.15, 0.2) is 0 Å². The van der Waals surface area contributed by atoms with Crippen LogP contribution < -0.4 is 5.73 Å². The molecule has 0 saturated carbocycles. The second-order valence-electron chi connectivity index (χ2n) is 3.41. The van der Waals surface area contributed by atoms with Crippen LogP contribution in [-0.2, 0) is 0 Å². The summed E-state index contributed by atoms with van der Waals surface area (Å²) in [5.74, 6) is 0. The average Bonchev–Trinajstić information content (AvgIpc) is 2.52. The third-order valence-electron chi connectivity index (χ3n) is 2.01. The lowest BCUT2D eigenvalue weighted by molar-refractivity contribution is 0.273. The van der Waals surface area contributed by atoms with E-state index >= 15 is 0 Å². The summed E-state index contributed by atoms with van der Waals surface area (Å²) < 4.78 is 1.89. The lowest BCUT2D eigenvalue weighted by Gasteiger charge is -2.15. The summed E-state index contributed by atoms with van der Waals surface area (Å²) in [7, 11) is 0. The molecule has 13 heavy (non-hydrogen) atoms. The number of nitrogens with two attached hydrogens (primary N) is 1. The predicted molar refractivity (Wildman–Crippen MR) is 51.2 cm³/mol. The zero-order valence-electron chi connectivity index (χ0n) is 8.14. The van der Waals surface area contributed by atoms with Gasteiger partial charge in [-0.25, -0.2) is 0 Å². The smallest absolute Gasteiger partial charge is 0.0555 e. The van der Waals surface area contributed by atoms with E-state index in [1.54, 1.807) is 6.20 Å². The van der Waals surface area contributed by atoms with Crippen LogP contribution in [-0.4, -0.2) is 21.5 Å². The minimum atomic E-state index is -0.116. The van der Waals surface area contributed by atoms with Crippen molar-refractivity contribution < 1.29 is 5.11 Å². The maximum atomic E-state index is 8.76. The molecule has 0 spiro atoms. The Morgan fingerprint density at radius 1 is 1.62 bits per heavy atom. The van der Waals surface area contributed by atoms with Crippen LogP contribution in [0.4, 0.5) is 0 Å². The molecule has 0 aliphatic carbocycles. The van der Waals surface area contributed by atoms with Crippen molar-refractivity contribution in [2.24, 2.45) is 5.73 Å². The van der Waals surface area contributed by atoms with Gasteiger partial charge in [0.25, 0.3) is 0 Å². The van der Waals surface area contributed by atoms with E-state index in [2.05, 4.69) is 18.9 Å². The van der Waals surface area contributed by atoms with Crippen molar-refractivity contribution >= 4 is 0 Å². The molecule has 1 atom stereocenters. The molecule has 0 amide bonds. The van der Waals surface area contributed by atoms with Crippen LogP contribution >= 0.6 is 0 Å². The van der Waals surface area contributed by atoms with Crippen molar-refractivity contribution in [2.75, 3.05) is 6.61 Å². The van der Waals surface area contributed by atoms with Crippen LogP contribution in [0, 0.1) is 0 Å². The standard InChI is InChI=1S/C9H17N3O/c1-7(2)12-9(3-5-11-12)8(10)4-6-13/h3,5,7-8,13H,4,6,10H2,1-2H3/t8-/m1/s1. The first-order valence-electron chi connectivity index (χ1n) is 4.56. The molecule has 1 aromatic rings. The molecule has 74 valence electrons. The van der Waals surface area contributed by atoms with Crippen LogP contribution in [0.25, 0.3) is 0 Å². The van der Waals surface area contributed by atoms with Gasteiger partial charge in [-0.05, 0) is 26.3 Å². The highest BCUT2D eigenvalue weighted by Gasteiger charge is 2.12. The molecular formula is C9H17N3O. The van der Waals surface area contributed by atoms with Crippen LogP contribution in [0.5, 0.6) is 0 Å². The summed E-state index contributed by atoms with van der Waals surface area (Å²) in [5, 5.41) is 12.9. The van der Waals surface area contributed by atoms with Crippen LogP contribution in [0.1, 0.15) is 38.0 Å². The van der Waals surface area contributed by atoms with Crippen molar-refractivity contribution in [1.82, 2.24) is 9.78 Å². The molecule has 1 rings (SSSR count). The van der Waals surface area contributed by atoms with Gasteiger partial charge in [0, 0.05) is 24.9 Å². The van der Waals surface area contributed by atoms with Gasteiger partial charge in [-0.1, -0.05) is 0 Å². The number of rotatable bonds is 4. The molecule has 3 N–H and O–H groups in total. The van der Waals surface area contributed by atoms with Crippen LogP contribution in [0.2, 0.25) is 0 Å². The number of aliphatic hydroxyl groups is 1. The van der Waals surface area contributed by atoms with E-state index in [0.717, 1.165) is 5.69 Å². The van der Waals surface area contributed by atoms with Crippen molar-refractivity contribution in [1.29, 1.82) is 0 Å². The molecule has 0 aliphatic heterocycles. The van der Waals surface area contributed by atoms with E-state index in [1.807, 2.05) is 10.7 Å². The van der Waals surface area contributed by atoms with Gasteiger partial charge in [0.2, 0.25) is 0 Å². The van der Waals surface area contributed by atoms with Crippen molar-refractivity contribution in [2.45, 2.75) is 32.4 Å². The first-order chi connectivity index (χ1) is 6.16. The Morgan fingerprint density at radius 3 is 2.85 bits per heavy atom. The Kier molecular flexibility index (Phi) is 3.45. The summed E-state index contributed by atoms with van der Waals surface area (Å²) in [6.07, 6.45) is 2.32. The Bertz CT molecular complexity index is 257. The first-order valence-corrected chi connectivity index (χ1v) is 4.56. The minimum absolute atomic E-state index is 0.116. The summed E-state index contributed by atoms with van der Waals surface area (Å²) in [6, 6.07) is 2.10. The molecule has 0 aromatic carbocycles. The monoisotopic (exact) mass is 183 g/mol. The maximum absolute atomic E-state index is 8.76. The quantitative estimate of drug-likeness (QED) is 0.727. The lowest BCUT2D eigenvalue weighted by atomic mass is 10.1. The Labute approximate surface area is 78.4 Å². The Hall–Kier alpha value is -0.870. The largest absolute Gasteiger partial charge is 0.396 e. The van der Waals surface area contributed by atoms with Gasteiger partial charge in [-0.2, -0.15) is 5.10 Å².